The smallest absolute Gasteiger partial charge is 0.224 e. The second-order valence-corrected chi connectivity index (χ2v) is 5.11. The van der Waals surface area contributed by atoms with Crippen molar-refractivity contribution in [2.75, 3.05) is 13.1 Å². The average Bonchev–Trinajstić information content (AvgIpc) is 2.89. The van der Waals surface area contributed by atoms with E-state index in [2.05, 4.69) is 0 Å². The van der Waals surface area contributed by atoms with Crippen LogP contribution in [-0.2, 0) is 11.2 Å². The molecule has 110 valence electrons. The van der Waals surface area contributed by atoms with E-state index in [0.29, 0.717) is 6.07 Å². The van der Waals surface area contributed by atoms with E-state index in [0.717, 1.165) is 32.0 Å². The maximum absolute atomic E-state index is 13.5. The largest absolute Gasteiger partial charge is 0.343 e. The topological polar surface area (TPSA) is 46.3 Å². The third-order valence-electron chi connectivity index (χ3n) is 3.47. The number of carbonyl (C=O) groups excluding carboxylic acids is 1. The Morgan fingerprint density at radius 3 is 2.40 bits per heavy atom. The number of nitrogens with zero attached hydrogens (tertiary/aromatic N) is 1. The van der Waals surface area contributed by atoms with Crippen LogP contribution in [0.5, 0.6) is 0 Å². The van der Waals surface area contributed by atoms with Gasteiger partial charge in [-0.15, -0.1) is 0 Å². The SMILES string of the molecule is NC(CC(=O)N1CCCC1)Cc1cc(F)c(F)cc1F. The Hall–Kier alpha value is -1.56. The summed E-state index contributed by atoms with van der Waals surface area (Å²) in [5, 5.41) is 0. The number of likely N-dealkylation sites (tertiary alicyclic amines) is 1. The lowest BCUT2D eigenvalue weighted by molar-refractivity contribution is -0.130. The molecule has 1 amide bonds. The molecule has 1 fully saturated rings. The summed E-state index contributed by atoms with van der Waals surface area (Å²) in [6.07, 6.45) is 2.05. The number of carbonyl (C=O) groups is 1. The van der Waals surface area contributed by atoms with Crippen LogP contribution in [0.15, 0.2) is 12.1 Å². The lowest BCUT2D eigenvalue weighted by Gasteiger charge is -2.18. The zero-order valence-corrected chi connectivity index (χ0v) is 11.0. The molecule has 1 heterocycles. The van der Waals surface area contributed by atoms with Crippen molar-refractivity contribution in [3.63, 3.8) is 0 Å². The summed E-state index contributed by atoms with van der Waals surface area (Å²) >= 11 is 0. The fourth-order valence-corrected chi connectivity index (χ4v) is 2.39. The number of halogens is 3. The number of rotatable bonds is 4. The summed E-state index contributed by atoms with van der Waals surface area (Å²) in [5.41, 5.74) is 5.79. The number of hydrogen-bond acceptors (Lipinski definition) is 2. The molecule has 6 heteroatoms. The molecular weight excluding hydrogens is 269 g/mol. The van der Waals surface area contributed by atoms with Gasteiger partial charge in [-0.25, -0.2) is 13.2 Å². The monoisotopic (exact) mass is 286 g/mol. The van der Waals surface area contributed by atoms with Crippen LogP contribution >= 0.6 is 0 Å². The van der Waals surface area contributed by atoms with Crippen LogP contribution in [0.4, 0.5) is 13.2 Å². The zero-order valence-electron chi connectivity index (χ0n) is 11.0. The standard InChI is InChI=1S/C14H17F3N2O/c15-11-8-13(17)12(16)6-9(11)5-10(18)7-14(20)19-3-1-2-4-19/h6,8,10H,1-5,7,18H2. The Morgan fingerprint density at radius 2 is 1.75 bits per heavy atom. The van der Waals surface area contributed by atoms with Crippen LogP contribution in [0.25, 0.3) is 0 Å². The van der Waals surface area contributed by atoms with E-state index in [1.807, 2.05) is 0 Å². The van der Waals surface area contributed by atoms with E-state index in [1.54, 1.807) is 4.90 Å². The van der Waals surface area contributed by atoms with E-state index in [1.165, 1.54) is 0 Å². The van der Waals surface area contributed by atoms with Gasteiger partial charge in [0.05, 0.1) is 0 Å². The summed E-state index contributed by atoms with van der Waals surface area (Å²) in [5.74, 6) is -3.25. The lowest BCUT2D eigenvalue weighted by atomic mass is 10.0. The van der Waals surface area contributed by atoms with Crippen molar-refractivity contribution in [1.29, 1.82) is 0 Å². The van der Waals surface area contributed by atoms with Crippen molar-refractivity contribution in [2.24, 2.45) is 5.73 Å². The zero-order chi connectivity index (χ0) is 14.7. The fraction of sp³-hybridized carbons (Fsp3) is 0.500. The van der Waals surface area contributed by atoms with Gasteiger partial charge in [0.1, 0.15) is 5.82 Å². The van der Waals surface area contributed by atoms with Crippen molar-refractivity contribution in [3.05, 3.63) is 35.1 Å². The lowest BCUT2D eigenvalue weighted by Crippen LogP contribution is -2.35. The Morgan fingerprint density at radius 1 is 1.15 bits per heavy atom. The predicted octanol–water partition coefficient (Wildman–Crippen LogP) is 1.99. The first-order chi connectivity index (χ1) is 9.47. The van der Waals surface area contributed by atoms with Gasteiger partial charge in [0, 0.05) is 31.6 Å². The maximum atomic E-state index is 13.5. The van der Waals surface area contributed by atoms with Gasteiger partial charge in [-0.2, -0.15) is 0 Å². The van der Waals surface area contributed by atoms with E-state index >= 15 is 0 Å². The molecule has 1 unspecified atom stereocenters. The van der Waals surface area contributed by atoms with Gasteiger partial charge in [-0.05, 0) is 30.9 Å². The molecule has 1 aromatic carbocycles. The van der Waals surface area contributed by atoms with Gasteiger partial charge in [0.2, 0.25) is 5.91 Å². The normalized spacial score (nSPS) is 16.5. The Kier molecular flexibility index (Phi) is 4.65. The number of benzene rings is 1. The van der Waals surface area contributed by atoms with Crippen LogP contribution in [0.3, 0.4) is 0 Å². The molecule has 1 saturated heterocycles. The molecule has 0 spiro atoms. The number of nitrogens with two attached hydrogens (primary N) is 1. The summed E-state index contributed by atoms with van der Waals surface area (Å²) in [7, 11) is 0. The fourth-order valence-electron chi connectivity index (χ4n) is 2.39. The highest BCUT2D eigenvalue weighted by atomic mass is 19.2. The summed E-state index contributed by atoms with van der Waals surface area (Å²) in [6.45, 7) is 1.45. The Labute approximate surface area is 115 Å². The highest BCUT2D eigenvalue weighted by molar-refractivity contribution is 5.77. The van der Waals surface area contributed by atoms with Crippen LogP contribution in [-0.4, -0.2) is 29.9 Å². The van der Waals surface area contributed by atoms with Gasteiger partial charge in [-0.1, -0.05) is 0 Å². The summed E-state index contributed by atoms with van der Waals surface area (Å²) < 4.78 is 39.3. The number of amides is 1. The summed E-state index contributed by atoms with van der Waals surface area (Å²) in [4.78, 5) is 13.6. The van der Waals surface area contributed by atoms with Gasteiger partial charge >= 0.3 is 0 Å². The first-order valence-electron chi connectivity index (χ1n) is 6.64. The Bertz CT molecular complexity index is 501. The van der Waals surface area contributed by atoms with E-state index in [-0.39, 0.29) is 24.3 Å². The van der Waals surface area contributed by atoms with E-state index in [9.17, 15) is 18.0 Å². The molecule has 3 nitrogen and oxygen atoms in total. The molecule has 1 aliphatic heterocycles. The van der Waals surface area contributed by atoms with Gasteiger partial charge in [0.15, 0.2) is 11.6 Å². The second-order valence-electron chi connectivity index (χ2n) is 5.11. The molecule has 0 radical (unpaired) electrons. The van der Waals surface area contributed by atoms with Crippen LogP contribution in [0.1, 0.15) is 24.8 Å². The van der Waals surface area contributed by atoms with Crippen molar-refractivity contribution in [3.8, 4) is 0 Å². The van der Waals surface area contributed by atoms with Gasteiger partial charge < -0.3 is 10.6 Å². The van der Waals surface area contributed by atoms with Crippen LogP contribution in [0.2, 0.25) is 0 Å². The second kappa shape index (κ2) is 6.26. The van der Waals surface area contributed by atoms with Crippen molar-refractivity contribution in [2.45, 2.75) is 31.7 Å². The molecule has 2 rings (SSSR count). The minimum absolute atomic E-state index is 0.00259. The van der Waals surface area contributed by atoms with Gasteiger partial charge in [-0.3, -0.25) is 4.79 Å². The molecular formula is C14H17F3N2O. The average molecular weight is 286 g/mol. The van der Waals surface area contributed by atoms with Gasteiger partial charge in [0.25, 0.3) is 0 Å². The van der Waals surface area contributed by atoms with E-state index in [4.69, 9.17) is 5.73 Å². The van der Waals surface area contributed by atoms with Crippen LogP contribution < -0.4 is 5.73 Å². The molecule has 0 bridgehead atoms. The quantitative estimate of drug-likeness (QED) is 0.860. The first-order valence-corrected chi connectivity index (χ1v) is 6.64. The van der Waals surface area contributed by atoms with Crippen molar-refractivity contribution in [1.82, 2.24) is 4.90 Å². The van der Waals surface area contributed by atoms with Crippen molar-refractivity contribution < 1.29 is 18.0 Å². The van der Waals surface area contributed by atoms with Crippen LogP contribution in [0, 0.1) is 17.5 Å². The third-order valence-corrected chi connectivity index (χ3v) is 3.47. The first kappa shape index (κ1) is 14.8. The molecule has 0 aliphatic carbocycles. The predicted molar refractivity (Wildman–Crippen MR) is 68.4 cm³/mol. The molecule has 2 N–H and O–H groups in total. The minimum atomic E-state index is -1.23. The number of hydrogen-bond donors (Lipinski definition) is 1. The van der Waals surface area contributed by atoms with E-state index < -0.39 is 23.5 Å². The molecule has 0 aromatic heterocycles. The molecule has 1 atom stereocenters. The highest BCUT2D eigenvalue weighted by Gasteiger charge is 2.21. The maximum Gasteiger partial charge on any atom is 0.224 e. The molecule has 20 heavy (non-hydrogen) atoms. The highest BCUT2D eigenvalue weighted by Crippen LogP contribution is 2.16. The molecule has 1 aromatic rings. The third kappa shape index (κ3) is 3.50. The molecule has 0 saturated carbocycles. The molecule has 1 aliphatic rings. The Balaban J connectivity index is 1.95. The summed E-state index contributed by atoms with van der Waals surface area (Å²) in [6, 6.07) is 0.687. The van der Waals surface area contributed by atoms with Crippen molar-refractivity contribution >= 4 is 5.91 Å². The minimum Gasteiger partial charge on any atom is -0.343 e.